The van der Waals surface area contributed by atoms with Gasteiger partial charge in [-0.25, -0.2) is 0 Å². The van der Waals surface area contributed by atoms with Crippen LogP contribution in [-0.4, -0.2) is 42.8 Å². The van der Waals surface area contributed by atoms with Crippen LogP contribution in [0.4, 0.5) is 11.4 Å². The highest BCUT2D eigenvalue weighted by molar-refractivity contribution is 5.74. The van der Waals surface area contributed by atoms with Gasteiger partial charge in [-0.2, -0.15) is 0 Å². The molecule has 0 fully saturated rings. The van der Waals surface area contributed by atoms with E-state index in [1.54, 1.807) is 6.07 Å². The second kappa shape index (κ2) is 6.55. The van der Waals surface area contributed by atoms with Gasteiger partial charge in [0.2, 0.25) is 0 Å². The number of nitro groups is 1. The largest absolute Gasteiger partial charge is 0.480 e. The second-order valence-corrected chi connectivity index (χ2v) is 3.59. The maximum absolute atomic E-state index is 10.7. The Morgan fingerprint density at radius 3 is 2.83 bits per heavy atom. The molecule has 1 aromatic rings. The molecule has 98 valence electrons. The van der Waals surface area contributed by atoms with E-state index < -0.39 is 10.9 Å². The number of hydrogen-bond donors (Lipinski definition) is 1. The summed E-state index contributed by atoms with van der Waals surface area (Å²) in [5.74, 6) is -1.00. The fraction of sp³-hybridized carbons (Fsp3) is 0.364. The quantitative estimate of drug-likeness (QED) is 0.579. The van der Waals surface area contributed by atoms with Crippen molar-refractivity contribution in [3.63, 3.8) is 0 Å². The Bertz CT molecular complexity index is 435. The lowest BCUT2D eigenvalue weighted by Gasteiger charge is -2.22. The number of aliphatic carboxylic acids is 1. The van der Waals surface area contributed by atoms with Crippen LogP contribution in [0.25, 0.3) is 0 Å². The zero-order chi connectivity index (χ0) is 13.5. The molecular formula is C11H14N2O5. The number of ether oxygens (including phenoxy) is 1. The first-order chi connectivity index (χ1) is 8.54. The van der Waals surface area contributed by atoms with Crippen LogP contribution in [-0.2, 0) is 9.53 Å². The number of carbonyl (C=O) groups is 1. The van der Waals surface area contributed by atoms with E-state index in [4.69, 9.17) is 9.84 Å². The molecule has 7 nitrogen and oxygen atoms in total. The van der Waals surface area contributed by atoms with Crippen LogP contribution in [0.5, 0.6) is 0 Å². The van der Waals surface area contributed by atoms with E-state index in [9.17, 15) is 14.9 Å². The first-order valence-electron chi connectivity index (χ1n) is 5.24. The van der Waals surface area contributed by atoms with E-state index >= 15 is 0 Å². The third-order valence-electron chi connectivity index (χ3n) is 2.30. The van der Waals surface area contributed by atoms with Crippen molar-refractivity contribution in [2.45, 2.75) is 0 Å². The minimum Gasteiger partial charge on any atom is -0.480 e. The maximum atomic E-state index is 10.7. The number of carboxylic acids is 1. The maximum Gasteiger partial charge on any atom is 0.323 e. The highest BCUT2D eigenvalue weighted by Gasteiger charge is 2.13. The normalized spacial score (nSPS) is 10.1. The average Bonchev–Trinajstić information content (AvgIpc) is 2.34. The molecule has 18 heavy (non-hydrogen) atoms. The number of benzene rings is 1. The number of methoxy groups -OCH3 is 1. The Labute approximate surface area is 104 Å². The summed E-state index contributed by atoms with van der Waals surface area (Å²) in [5, 5.41) is 19.5. The number of anilines is 1. The summed E-state index contributed by atoms with van der Waals surface area (Å²) in [7, 11) is 1.51. The van der Waals surface area contributed by atoms with E-state index in [-0.39, 0.29) is 12.2 Å². The van der Waals surface area contributed by atoms with Crippen molar-refractivity contribution in [1.82, 2.24) is 0 Å². The summed E-state index contributed by atoms with van der Waals surface area (Å²) in [5.41, 5.74) is 0.420. The lowest BCUT2D eigenvalue weighted by molar-refractivity contribution is -0.384. The summed E-state index contributed by atoms with van der Waals surface area (Å²) in [6, 6.07) is 5.86. The van der Waals surface area contributed by atoms with Crippen LogP contribution < -0.4 is 4.90 Å². The number of non-ortho nitro benzene ring substituents is 1. The molecule has 0 aromatic heterocycles. The molecular weight excluding hydrogens is 240 g/mol. The molecule has 1 aromatic carbocycles. The summed E-state index contributed by atoms with van der Waals surface area (Å²) >= 11 is 0. The SMILES string of the molecule is COCCN(CC(=O)O)c1cccc([N+](=O)[O-])c1. The highest BCUT2D eigenvalue weighted by atomic mass is 16.6. The van der Waals surface area contributed by atoms with Gasteiger partial charge in [0.25, 0.3) is 5.69 Å². The van der Waals surface area contributed by atoms with Gasteiger partial charge in [-0.05, 0) is 6.07 Å². The second-order valence-electron chi connectivity index (χ2n) is 3.59. The molecule has 1 N–H and O–H groups in total. The van der Waals surface area contributed by atoms with Crippen LogP contribution >= 0.6 is 0 Å². The summed E-state index contributed by atoms with van der Waals surface area (Å²) in [6.07, 6.45) is 0. The molecule has 0 aliphatic heterocycles. The monoisotopic (exact) mass is 254 g/mol. The predicted octanol–water partition coefficient (Wildman–Crippen LogP) is 1.13. The van der Waals surface area contributed by atoms with E-state index in [2.05, 4.69) is 0 Å². The minimum atomic E-state index is -1.00. The third-order valence-corrected chi connectivity index (χ3v) is 2.30. The smallest absolute Gasteiger partial charge is 0.323 e. The molecule has 0 amide bonds. The van der Waals surface area contributed by atoms with Crippen LogP contribution in [0.3, 0.4) is 0 Å². The Hall–Kier alpha value is -2.15. The molecule has 0 atom stereocenters. The van der Waals surface area contributed by atoms with Crippen molar-refractivity contribution >= 4 is 17.3 Å². The number of nitro benzene ring substituents is 1. The van der Waals surface area contributed by atoms with Crippen LogP contribution in [0.2, 0.25) is 0 Å². The molecule has 0 heterocycles. The van der Waals surface area contributed by atoms with Gasteiger partial charge in [0.15, 0.2) is 0 Å². The van der Waals surface area contributed by atoms with Crippen molar-refractivity contribution in [3.8, 4) is 0 Å². The fourth-order valence-electron chi connectivity index (χ4n) is 1.47. The van der Waals surface area contributed by atoms with Crippen LogP contribution in [0.1, 0.15) is 0 Å². The standard InChI is InChI=1S/C11H14N2O5/c1-18-6-5-12(8-11(14)15)9-3-2-4-10(7-9)13(16)17/h2-4,7H,5-6,8H2,1H3,(H,14,15). The Balaban J connectivity index is 2.92. The molecule has 0 radical (unpaired) electrons. The summed E-state index contributed by atoms with van der Waals surface area (Å²) < 4.78 is 4.88. The van der Waals surface area contributed by atoms with Gasteiger partial charge in [-0.1, -0.05) is 6.07 Å². The lowest BCUT2D eigenvalue weighted by Crippen LogP contribution is -2.32. The molecule has 0 saturated heterocycles. The number of nitrogens with zero attached hydrogens (tertiary/aromatic N) is 2. The van der Waals surface area contributed by atoms with Gasteiger partial charge in [-0.15, -0.1) is 0 Å². The van der Waals surface area contributed by atoms with E-state index in [1.807, 2.05) is 0 Å². The number of carboxylic acid groups (broad SMARTS) is 1. The van der Waals surface area contributed by atoms with Crippen molar-refractivity contribution in [1.29, 1.82) is 0 Å². The Morgan fingerprint density at radius 1 is 1.56 bits per heavy atom. The average molecular weight is 254 g/mol. The Morgan fingerprint density at radius 2 is 2.28 bits per heavy atom. The molecule has 1 rings (SSSR count). The summed E-state index contributed by atoms with van der Waals surface area (Å²) in [4.78, 5) is 22.4. The Kier molecular flexibility index (Phi) is 5.06. The first-order valence-corrected chi connectivity index (χ1v) is 5.24. The summed E-state index contributed by atoms with van der Waals surface area (Å²) in [6.45, 7) is 0.463. The van der Waals surface area contributed by atoms with Gasteiger partial charge in [-0.3, -0.25) is 14.9 Å². The van der Waals surface area contributed by atoms with Crippen molar-refractivity contribution in [3.05, 3.63) is 34.4 Å². The van der Waals surface area contributed by atoms with E-state index in [0.717, 1.165) is 0 Å². The van der Waals surface area contributed by atoms with Gasteiger partial charge >= 0.3 is 5.97 Å². The third kappa shape index (κ3) is 4.02. The molecule has 0 aliphatic carbocycles. The zero-order valence-corrected chi connectivity index (χ0v) is 9.91. The van der Waals surface area contributed by atoms with Gasteiger partial charge < -0.3 is 14.7 Å². The molecule has 0 bridgehead atoms. The predicted molar refractivity (Wildman–Crippen MR) is 64.8 cm³/mol. The van der Waals surface area contributed by atoms with E-state index in [1.165, 1.54) is 30.2 Å². The topological polar surface area (TPSA) is 92.9 Å². The fourth-order valence-corrected chi connectivity index (χ4v) is 1.47. The van der Waals surface area contributed by atoms with Crippen LogP contribution in [0.15, 0.2) is 24.3 Å². The van der Waals surface area contributed by atoms with Gasteiger partial charge in [0, 0.05) is 31.5 Å². The van der Waals surface area contributed by atoms with E-state index in [0.29, 0.717) is 18.8 Å². The number of hydrogen-bond acceptors (Lipinski definition) is 5. The lowest BCUT2D eigenvalue weighted by atomic mass is 10.2. The van der Waals surface area contributed by atoms with Gasteiger partial charge in [0.1, 0.15) is 6.54 Å². The number of rotatable bonds is 7. The van der Waals surface area contributed by atoms with Crippen molar-refractivity contribution < 1.29 is 19.6 Å². The molecule has 0 unspecified atom stereocenters. The minimum absolute atomic E-state index is 0.0692. The van der Waals surface area contributed by atoms with Crippen LogP contribution in [0, 0.1) is 10.1 Å². The molecule has 0 saturated carbocycles. The molecule has 0 aliphatic rings. The van der Waals surface area contributed by atoms with Crippen molar-refractivity contribution in [2.24, 2.45) is 0 Å². The van der Waals surface area contributed by atoms with Crippen molar-refractivity contribution in [2.75, 3.05) is 31.7 Å². The zero-order valence-electron chi connectivity index (χ0n) is 9.91. The molecule has 0 spiro atoms. The highest BCUT2D eigenvalue weighted by Crippen LogP contribution is 2.20. The molecule has 7 heteroatoms. The first kappa shape index (κ1) is 13.9. The van der Waals surface area contributed by atoms with Gasteiger partial charge in [0.05, 0.1) is 11.5 Å².